The Labute approximate surface area is 136 Å². The van der Waals surface area contributed by atoms with Crippen molar-refractivity contribution in [2.24, 2.45) is 0 Å². The van der Waals surface area contributed by atoms with E-state index in [2.05, 4.69) is 4.72 Å². The van der Waals surface area contributed by atoms with Crippen LogP contribution in [0.5, 0.6) is 11.5 Å². The molecule has 0 amide bonds. The third-order valence-electron chi connectivity index (χ3n) is 4.09. The second kappa shape index (κ2) is 6.22. The number of hydrogen-bond donors (Lipinski definition) is 1. The average molecular weight is 333 g/mol. The van der Waals surface area contributed by atoms with Crippen LogP contribution in [0.25, 0.3) is 0 Å². The molecule has 122 valence electrons. The Morgan fingerprint density at radius 3 is 2.61 bits per heavy atom. The number of aryl methyl sites for hydroxylation is 1. The molecule has 1 N–H and O–H groups in total. The molecule has 0 saturated heterocycles. The molecule has 1 aliphatic carbocycles. The highest BCUT2D eigenvalue weighted by molar-refractivity contribution is 7.89. The van der Waals surface area contributed by atoms with Crippen molar-refractivity contribution in [2.75, 3.05) is 14.2 Å². The largest absolute Gasteiger partial charge is 0.497 e. The summed E-state index contributed by atoms with van der Waals surface area (Å²) in [7, 11) is -0.768. The molecule has 23 heavy (non-hydrogen) atoms. The second-order valence-electron chi connectivity index (χ2n) is 5.43. The molecule has 0 spiro atoms. The Balaban J connectivity index is 1.94. The molecule has 0 fully saturated rings. The Bertz CT molecular complexity index is 817. The van der Waals surface area contributed by atoms with Gasteiger partial charge in [-0.2, -0.15) is 0 Å². The summed E-state index contributed by atoms with van der Waals surface area (Å²) < 4.78 is 38.7. The van der Waals surface area contributed by atoms with Gasteiger partial charge in [0, 0.05) is 12.1 Å². The number of benzene rings is 2. The van der Waals surface area contributed by atoms with Crippen LogP contribution in [-0.2, 0) is 16.4 Å². The van der Waals surface area contributed by atoms with Crippen LogP contribution in [0.15, 0.2) is 47.4 Å². The van der Waals surface area contributed by atoms with Crippen molar-refractivity contribution in [3.05, 3.63) is 53.6 Å². The first kappa shape index (κ1) is 15.8. The fraction of sp³-hybridized carbons (Fsp3) is 0.294. The Kier molecular flexibility index (Phi) is 4.28. The second-order valence-corrected chi connectivity index (χ2v) is 7.11. The van der Waals surface area contributed by atoms with Crippen molar-refractivity contribution in [1.82, 2.24) is 4.72 Å². The molecule has 2 aromatic rings. The van der Waals surface area contributed by atoms with Crippen LogP contribution < -0.4 is 14.2 Å². The van der Waals surface area contributed by atoms with Gasteiger partial charge in [0.2, 0.25) is 10.0 Å². The lowest BCUT2D eigenvalue weighted by atomic mass is 10.1. The Morgan fingerprint density at radius 1 is 1.09 bits per heavy atom. The zero-order chi connectivity index (χ0) is 16.4. The van der Waals surface area contributed by atoms with Crippen LogP contribution in [-0.4, -0.2) is 22.6 Å². The molecular weight excluding hydrogens is 314 g/mol. The number of fused-ring (bicyclic) bond motifs is 1. The van der Waals surface area contributed by atoms with Gasteiger partial charge in [-0.25, -0.2) is 13.1 Å². The molecule has 3 rings (SSSR count). The van der Waals surface area contributed by atoms with Gasteiger partial charge in [-0.15, -0.1) is 0 Å². The summed E-state index contributed by atoms with van der Waals surface area (Å²) in [6, 6.07) is 12.4. The quantitative estimate of drug-likeness (QED) is 0.914. The normalized spacial score (nSPS) is 16.9. The molecule has 1 aliphatic rings. The van der Waals surface area contributed by atoms with Gasteiger partial charge in [0.15, 0.2) is 0 Å². The summed E-state index contributed by atoms with van der Waals surface area (Å²) in [6.07, 6.45) is 1.63. The van der Waals surface area contributed by atoms with Gasteiger partial charge in [0.1, 0.15) is 16.4 Å². The molecule has 1 atom stereocenters. The highest BCUT2D eigenvalue weighted by atomic mass is 32.2. The molecule has 0 radical (unpaired) electrons. The standard InChI is InChI=1S/C17H19NO4S/c1-21-13-8-10-16(22-2)17(11-13)23(19,20)18-15-9-7-12-5-3-4-6-14(12)15/h3-6,8,10-11,15,18H,7,9H2,1-2H3. The molecule has 2 aromatic carbocycles. The highest BCUT2D eigenvalue weighted by Crippen LogP contribution is 2.34. The van der Waals surface area contributed by atoms with Crippen molar-refractivity contribution in [3.8, 4) is 11.5 Å². The van der Waals surface area contributed by atoms with Crippen LogP contribution in [0, 0.1) is 0 Å². The third kappa shape index (κ3) is 3.04. The summed E-state index contributed by atoms with van der Waals surface area (Å²) in [5.41, 5.74) is 2.23. The Morgan fingerprint density at radius 2 is 1.87 bits per heavy atom. The molecule has 0 aromatic heterocycles. The number of ether oxygens (including phenoxy) is 2. The zero-order valence-corrected chi connectivity index (χ0v) is 13.9. The van der Waals surface area contributed by atoms with E-state index in [1.165, 1.54) is 25.8 Å². The number of rotatable bonds is 5. The number of methoxy groups -OCH3 is 2. The first-order chi connectivity index (χ1) is 11.0. The fourth-order valence-corrected chi connectivity index (χ4v) is 4.36. The van der Waals surface area contributed by atoms with Gasteiger partial charge in [0.05, 0.1) is 14.2 Å². The van der Waals surface area contributed by atoms with Gasteiger partial charge >= 0.3 is 0 Å². The lowest BCUT2D eigenvalue weighted by Gasteiger charge is -2.16. The summed E-state index contributed by atoms with van der Waals surface area (Å²) >= 11 is 0. The van der Waals surface area contributed by atoms with Crippen LogP contribution in [0.2, 0.25) is 0 Å². The molecule has 0 bridgehead atoms. The van der Waals surface area contributed by atoms with E-state index in [1.54, 1.807) is 12.1 Å². The minimum atomic E-state index is -3.72. The van der Waals surface area contributed by atoms with Crippen molar-refractivity contribution in [3.63, 3.8) is 0 Å². The van der Waals surface area contributed by atoms with Crippen molar-refractivity contribution < 1.29 is 17.9 Å². The van der Waals surface area contributed by atoms with E-state index in [4.69, 9.17) is 9.47 Å². The molecular formula is C17H19NO4S. The number of sulfonamides is 1. The van der Waals surface area contributed by atoms with E-state index in [9.17, 15) is 8.42 Å². The lowest BCUT2D eigenvalue weighted by Crippen LogP contribution is -2.27. The monoisotopic (exact) mass is 333 g/mol. The predicted molar refractivity (Wildman–Crippen MR) is 87.4 cm³/mol. The van der Waals surface area contributed by atoms with E-state index in [0.29, 0.717) is 11.5 Å². The van der Waals surface area contributed by atoms with Crippen LogP contribution in [0.4, 0.5) is 0 Å². The molecule has 6 heteroatoms. The van der Waals surface area contributed by atoms with Gasteiger partial charge < -0.3 is 9.47 Å². The van der Waals surface area contributed by atoms with E-state index in [1.807, 2.05) is 24.3 Å². The molecule has 0 aliphatic heterocycles. The molecule has 1 unspecified atom stereocenters. The van der Waals surface area contributed by atoms with Crippen LogP contribution >= 0.6 is 0 Å². The van der Waals surface area contributed by atoms with Crippen molar-refractivity contribution >= 4 is 10.0 Å². The van der Waals surface area contributed by atoms with Crippen molar-refractivity contribution in [2.45, 2.75) is 23.8 Å². The topological polar surface area (TPSA) is 64.6 Å². The maximum absolute atomic E-state index is 12.8. The van der Waals surface area contributed by atoms with Crippen LogP contribution in [0.1, 0.15) is 23.6 Å². The van der Waals surface area contributed by atoms with E-state index in [-0.39, 0.29) is 10.9 Å². The first-order valence-electron chi connectivity index (χ1n) is 7.37. The van der Waals surface area contributed by atoms with Gasteiger partial charge in [-0.05, 0) is 36.1 Å². The maximum atomic E-state index is 12.8. The number of hydrogen-bond acceptors (Lipinski definition) is 4. The minimum Gasteiger partial charge on any atom is -0.497 e. The minimum absolute atomic E-state index is 0.0868. The average Bonchev–Trinajstić information content (AvgIpc) is 2.97. The predicted octanol–water partition coefficient (Wildman–Crippen LogP) is 2.67. The van der Waals surface area contributed by atoms with Crippen molar-refractivity contribution in [1.29, 1.82) is 0 Å². The summed E-state index contributed by atoms with van der Waals surface area (Å²) in [6.45, 7) is 0. The fourth-order valence-electron chi connectivity index (χ4n) is 2.92. The summed E-state index contributed by atoms with van der Waals surface area (Å²) in [4.78, 5) is 0.0868. The summed E-state index contributed by atoms with van der Waals surface area (Å²) in [5, 5.41) is 0. The molecule has 0 heterocycles. The third-order valence-corrected chi connectivity index (χ3v) is 5.58. The number of nitrogens with one attached hydrogen (secondary N) is 1. The van der Waals surface area contributed by atoms with Gasteiger partial charge in [-0.1, -0.05) is 24.3 Å². The van der Waals surface area contributed by atoms with Gasteiger partial charge in [-0.3, -0.25) is 0 Å². The SMILES string of the molecule is COc1ccc(OC)c(S(=O)(=O)NC2CCc3ccccc32)c1. The maximum Gasteiger partial charge on any atom is 0.244 e. The molecule has 5 nitrogen and oxygen atoms in total. The van der Waals surface area contributed by atoms with Crippen LogP contribution in [0.3, 0.4) is 0 Å². The van der Waals surface area contributed by atoms with E-state index in [0.717, 1.165) is 18.4 Å². The smallest absolute Gasteiger partial charge is 0.244 e. The molecule has 0 saturated carbocycles. The van der Waals surface area contributed by atoms with E-state index < -0.39 is 10.0 Å². The lowest BCUT2D eigenvalue weighted by molar-refractivity contribution is 0.391. The summed E-state index contributed by atoms with van der Waals surface area (Å²) in [5.74, 6) is 0.766. The highest BCUT2D eigenvalue weighted by Gasteiger charge is 2.29. The zero-order valence-electron chi connectivity index (χ0n) is 13.1. The van der Waals surface area contributed by atoms with Gasteiger partial charge in [0.25, 0.3) is 0 Å². The Hall–Kier alpha value is -2.05. The first-order valence-corrected chi connectivity index (χ1v) is 8.85. The van der Waals surface area contributed by atoms with E-state index >= 15 is 0 Å².